The number of benzene rings is 2. The zero-order valence-corrected chi connectivity index (χ0v) is 17.5. The van der Waals surface area contributed by atoms with E-state index in [1.807, 2.05) is 32.0 Å². The van der Waals surface area contributed by atoms with Crippen LogP contribution in [0.4, 0.5) is 11.4 Å². The summed E-state index contributed by atoms with van der Waals surface area (Å²) in [6.45, 7) is 5.96. The van der Waals surface area contributed by atoms with Crippen LogP contribution in [0.25, 0.3) is 0 Å². The van der Waals surface area contributed by atoms with Crippen molar-refractivity contribution in [3.8, 4) is 0 Å². The Kier molecular flexibility index (Phi) is 6.04. The Morgan fingerprint density at radius 3 is 2.41 bits per heavy atom. The molecule has 0 saturated heterocycles. The number of anilines is 2. The largest absolute Gasteiger partial charge is 0.326 e. The molecule has 0 aromatic heterocycles. The molecule has 0 radical (unpaired) electrons. The maximum absolute atomic E-state index is 12.5. The van der Waals surface area contributed by atoms with Gasteiger partial charge in [-0.15, -0.1) is 0 Å². The van der Waals surface area contributed by atoms with Crippen LogP contribution in [0.1, 0.15) is 31.9 Å². The molecule has 0 fully saturated rings. The highest BCUT2D eigenvalue weighted by atomic mass is 32.2. The molecule has 7 nitrogen and oxygen atoms in total. The molecule has 0 saturated carbocycles. The van der Waals surface area contributed by atoms with Gasteiger partial charge in [0, 0.05) is 37.3 Å². The van der Waals surface area contributed by atoms with Crippen LogP contribution in [0.3, 0.4) is 0 Å². The maximum atomic E-state index is 12.5. The van der Waals surface area contributed by atoms with Gasteiger partial charge in [-0.2, -0.15) is 0 Å². The lowest BCUT2D eigenvalue weighted by Gasteiger charge is -2.19. The van der Waals surface area contributed by atoms with Gasteiger partial charge in [-0.25, -0.2) is 13.1 Å². The molecule has 1 aliphatic rings. The summed E-state index contributed by atoms with van der Waals surface area (Å²) in [4.78, 5) is 25.3. The third-order valence-corrected chi connectivity index (χ3v) is 6.17. The molecule has 154 valence electrons. The molecule has 2 N–H and O–H groups in total. The topological polar surface area (TPSA) is 95.6 Å². The van der Waals surface area contributed by atoms with Crippen molar-refractivity contribution in [1.82, 2.24) is 4.72 Å². The zero-order valence-electron chi connectivity index (χ0n) is 16.7. The highest BCUT2D eigenvalue weighted by Gasteiger charge is 2.26. The Morgan fingerprint density at radius 2 is 1.79 bits per heavy atom. The summed E-state index contributed by atoms with van der Waals surface area (Å²) >= 11 is 0. The summed E-state index contributed by atoms with van der Waals surface area (Å²) in [5.41, 5.74) is 3.33. The van der Waals surface area contributed by atoms with E-state index in [1.165, 1.54) is 19.1 Å². The van der Waals surface area contributed by atoms with E-state index in [0.29, 0.717) is 12.2 Å². The lowest BCUT2D eigenvalue weighted by Crippen LogP contribution is -2.32. The number of nitrogens with one attached hydrogen (secondary N) is 2. The average molecular weight is 416 g/mol. The second-order valence-corrected chi connectivity index (χ2v) is 9.15. The second-order valence-electron chi connectivity index (χ2n) is 7.39. The molecule has 0 unspecified atom stereocenters. The number of carbonyl (C=O) groups is 2. The van der Waals surface area contributed by atoms with Gasteiger partial charge in [-0.1, -0.05) is 26.0 Å². The SMILES string of the molecule is CC(=O)Nc1ccc(S(=O)(=O)NCc2ccc3c(c2)CCN3C(=O)C(C)C)cc1. The van der Waals surface area contributed by atoms with Crippen LogP contribution in [-0.4, -0.2) is 26.8 Å². The number of hydrogen-bond donors (Lipinski definition) is 2. The quantitative estimate of drug-likeness (QED) is 0.758. The van der Waals surface area contributed by atoms with Crippen LogP contribution < -0.4 is 14.9 Å². The molecule has 2 aromatic carbocycles. The molecule has 1 aliphatic heterocycles. The number of rotatable bonds is 6. The van der Waals surface area contributed by atoms with Crippen LogP contribution in [-0.2, 0) is 32.6 Å². The number of sulfonamides is 1. The predicted molar refractivity (Wildman–Crippen MR) is 112 cm³/mol. The third kappa shape index (κ3) is 4.83. The Balaban J connectivity index is 1.68. The van der Waals surface area contributed by atoms with Crippen LogP contribution in [0, 0.1) is 5.92 Å². The first kappa shape index (κ1) is 21.0. The van der Waals surface area contributed by atoms with E-state index in [1.54, 1.807) is 17.0 Å². The Bertz CT molecular complexity index is 1030. The summed E-state index contributed by atoms with van der Waals surface area (Å²) in [6, 6.07) is 11.7. The molecule has 8 heteroatoms. The van der Waals surface area contributed by atoms with Crippen molar-refractivity contribution in [2.24, 2.45) is 5.92 Å². The second kappa shape index (κ2) is 8.34. The molecular formula is C21H25N3O4S. The summed E-state index contributed by atoms with van der Waals surface area (Å²) in [5.74, 6) is -0.187. The molecule has 0 aliphatic carbocycles. The minimum atomic E-state index is -3.68. The van der Waals surface area contributed by atoms with Crippen molar-refractivity contribution in [3.63, 3.8) is 0 Å². The van der Waals surface area contributed by atoms with E-state index < -0.39 is 10.0 Å². The summed E-state index contributed by atoms with van der Waals surface area (Å²) in [5, 5.41) is 2.60. The van der Waals surface area contributed by atoms with E-state index in [-0.39, 0.29) is 29.2 Å². The minimum absolute atomic E-state index is 0.0653. The first-order chi connectivity index (χ1) is 13.7. The number of carbonyl (C=O) groups excluding carboxylic acids is 2. The number of nitrogens with zero attached hydrogens (tertiary/aromatic N) is 1. The molecule has 2 amide bonds. The van der Waals surface area contributed by atoms with E-state index in [4.69, 9.17) is 0 Å². The van der Waals surface area contributed by atoms with Crippen molar-refractivity contribution in [1.29, 1.82) is 0 Å². The number of amides is 2. The standard InChI is InChI=1S/C21H25N3O4S/c1-14(2)21(26)24-11-10-17-12-16(4-9-20(17)24)13-22-29(27,28)19-7-5-18(6-8-19)23-15(3)25/h4-9,12,14,22H,10-11,13H2,1-3H3,(H,23,25). The van der Waals surface area contributed by atoms with Gasteiger partial charge in [0.25, 0.3) is 0 Å². The maximum Gasteiger partial charge on any atom is 0.240 e. The van der Waals surface area contributed by atoms with Crippen LogP contribution in [0.2, 0.25) is 0 Å². The number of hydrogen-bond acceptors (Lipinski definition) is 4. The lowest BCUT2D eigenvalue weighted by molar-refractivity contribution is -0.121. The van der Waals surface area contributed by atoms with Gasteiger partial charge in [0.2, 0.25) is 21.8 Å². The smallest absolute Gasteiger partial charge is 0.240 e. The minimum Gasteiger partial charge on any atom is -0.326 e. The normalized spacial score (nSPS) is 13.4. The molecule has 0 bridgehead atoms. The van der Waals surface area contributed by atoms with Gasteiger partial charge in [-0.05, 0) is 47.9 Å². The van der Waals surface area contributed by atoms with E-state index in [0.717, 1.165) is 23.2 Å². The van der Waals surface area contributed by atoms with E-state index >= 15 is 0 Å². The fourth-order valence-corrected chi connectivity index (χ4v) is 4.31. The molecule has 1 heterocycles. The van der Waals surface area contributed by atoms with Gasteiger partial charge in [-0.3, -0.25) is 9.59 Å². The van der Waals surface area contributed by atoms with Crippen molar-refractivity contribution in [2.45, 2.75) is 38.6 Å². The molecule has 3 rings (SSSR count). The lowest BCUT2D eigenvalue weighted by atomic mass is 10.1. The Morgan fingerprint density at radius 1 is 1.10 bits per heavy atom. The molecule has 0 atom stereocenters. The van der Waals surface area contributed by atoms with Gasteiger partial charge >= 0.3 is 0 Å². The molecule has 0 spiro atoms. The highest BCUT2D eigenvalue weighted by Crippen LogP contribution is 2.30. The van der Waals surface area contributed by atoms with Gasteiger partial charge in [0.1, 0.15) is 0 Å². The Labute approximate surface area is 171 Å². The highest BCUT2D eigenvalue weighted by molar-refractivity contribution is 7.89. The van der Waals surface area contributed by atoms with Crippen molar-refractivity contribution < 1.29 is 18.0 Å². The average Bonchev–Trinajstić information content (AvgIpc) is 3.09. The summed E-state index contributed by atoms with van der Waals surface area (Å²) < 4.78 is 27.7. The van der Waals surface area contributed by atoms with Gasteiger partial charge < -0.3 is 10.2 Å². The van der Waals surface area contributed by atoms with Gasteiger partial charge in [0.05, 0.1) is 4.90 Å². The fraction of sp³-hybridized carbons (Fsp3) is 0.333. The number of fused-ring (bicyclic) bond motifs is 1. The first-order valence-electron chi connectivity index (χ1n) is 9.48. The van der Waals surface area contributed by atoms with Gasteiger partial charge in [0.15, 0.2) is 0 Å². The van der Waals surface area contributed by atoms with Crippen molar-refractivity contribution >= 4 is 33.2 Å². The zero-order chi connectivity index (χ0) is 21.2. The fourth-order valence-electron chi connectivity index (χ4n) is 3.29. The third-order valence-electron chi connectivity index (χ3n) is 4.75. The molecule has 2 aromatic rings. The molecular weight excluding hydrogens is 390 g/mol. The van der Waals surface area contributed by atoms with Crippen molar-refractivity contribution in [2.75, 3.05) is 16.8 Å². The monoisotopic (exact) mass is 415 g/mol. The van der Waals surface area contributed by atoms with Crippen molar-refractivity contribution in [3.05, 3.63) is 53.6 Å². The van der Waals surface area contributed by atoms with E-state index in [9.17, 15) is 18.0 Å². The Hall–Kier alpha value is -2.71. The molecule has 29 heavy (non-hydrogen) atoms. The van der Waals surface area contributed by atoms with Crippen LogP contribution >= 0.6 is 0 Å². The summed E-state index contributed by atoms with van der Waals surface area (Å²) in [7, 11) is -3.68. The predicted octanol–water partition coefficient (Wildman–Crippen LogP) is 2.67. The summed E-state index contributed by atoms with van der Waals surface area (Å²) in [6.07, 6.45) is 0.763. The van der Waals surface area contributed by atoms with E-state index in [2.05, 4.69) is 10.0 Å². The first-order valence-corrected chi connectivity index (χ1v) is 11.0. The van der Waals surface area contributed by atoms with Crippen LogP contribution in [0.15, 0.2) is 47.4 Å². The van der Waals surface area contributed by atoms with Crippen LogP contribution in [0.5, 0.6) is 0 Å².